The number of aryl methyl sites for hydroxylation is 2. The summed E-state index contributed by atoms with van der Waals surface area (Å²) in [6.07, 6.45) is 3.64. The molecule has 0 saturated carbocycles. The highest BCUT2D eigenvalue weighted by atomic mass is 32.2. The number of imide groups is 1. The maximum Gasteiger partial charge on any atom is 0.293 e. The van der Waals surface area contributed by atoms with Gasteiger partial charge in [-0.05, 0) is 73.9 Å². The summed E-state index contributed by atoms with van der Waals surface area (Å²) in [5, 5.41) is -0.174. The molecule has 1 saturated heterocycles. The summed E-state index contributed by atoms with van der Waals surface area (Å²) in [7, 11) is 0. The number of hydrogen-bond donors (Lipinski definition) is 0. The van der Waals surface area contributed by atoms with Crippen LogP contribution in [0, 0.1) is 13.8 Å². The van der Waals surface area contributed by atoms with E-state index in [4.69, 9.17) is 0 Å². The summed E-state index contributed by atoms with van der Waals surface area (Å²) in [6.45, 7) is 8.68. The third kappa shape index (κ3) is 3.36. The Bertz CT molecular complexity index is 878. The van der Waals surface area contributed by atoms with Crippen LogP contribution in [0.5, 0.6) is 0 Å². The van der Waals surface area contributed by atoms with Crippen LogP contribution < -0.4 is 0 Å². The molecular weight excluding hydrogens is 344 g/mol. The van der Waals surface area contributed by atoms with E-state index in [1.165, 1.54) is 10.5 Å². The van der Waals surface area contributed by atoms with Crippen molar-refractivity contribution in [2.24, 2.45) is 0 Å². The molecule has 1 aromatic carbocycles. The van der Waals surface area contributed by atoms with Gasteiger partial charge in [-0.15, -0.1) is 0 Å². The van der Waals surface area contributed by atoms with E-state index < -0.39 is 0 Å². The van der Waals surface area contributed by atoms with Gasteiger partial charge in [-0.2, -0.15) is 0 Å². The molecule has 136 valence electrons. The highest BCUT2D eigenvalue weighted by Gasteiger charge is 2.34. The summed E-state index contributed by atoms with van der Waals surface area (Å²) in [5.41, 5.74) is 5.56. The number of carbonyl (C=O) groups is 2. The lowest BCUT2D eigenvalue weighted by molar-refractivity contribution is -0.122. The normalized spacial score (nSPS) is 16.2. The minimum absolute atomic E-state index is 0.174. The van der Waals surface area contributed by atoms with Crippen molar-refractivity contribution < 1.29 is 9.59 Å². The third-order valence-electron chi connectivity index (χ3n) is 4.68. The first-order valence-electron chi connectivity index (χ1n) is 8.99. The molecule has 0 spiro atoms. The standard InChI is InChI=1S/C21H24N2O2S/c1-5-11-22-20(24)19(26-21(22)25)13-17-12-14(3)23(15(17)4)18-9-7-16(6-2)8-10-18/h7-10,12-13H,5-6,11H2,1-4H3/b19-13+. The molecule has 2 heterocycles. The predicted molar refractivity (Wildman–Crippen MR) is 108 cm³/mol. The van der Waals surface area contributed by atoms with Crippen LogP contribution >= 0.6 is 11.8 Å². The monoisotopic (exact) mass is 368 g/mol. The zero-order valence-corrected chi connectivity index (χ0v) is 16.5. The van der Waals surface area contributed by atoms with Crippen molar-refractivity contribution in [3.8, 4) is 5.69 Å². The zero-order chi connectivity index (χ0) is 18.8. The fourth-order valence-electron chi connectivity index (χ4n) is 3.27. The Morgan fingerprint density at radius 1 is 1.08 bits per heavy atom. The van der Waals surface area contributed by atoms with Crippen molar-refractivity contribution in [2.75, 3.05) is 6.54 Å². The van der Waals surface area contributed by atoms with Gasteiger partial charge in [-0.1, -0.05) is 26.0 Å². The summed E-state index contributed by atoms with van der Waals surface area (Å²) < 4.78 is 2.18. The molecule has 4 nitrogen and oxygen atoms in total. The molecule has 0 radical (unpaired) electrons. The second kappa shape index (κ2) is 7.54. The van der Waals surface area contributed by atoms with Gasteiger partial charge in [0.15, 0.2) is 0 Å². The van der Waals surface area contributed by atoms with Gasteiger partial charge in [0.2, 0.25) is 0 Å². The van der Waals surface area contributed by atoms with E-state index >= 15 is 0 Å². The lowest BCUT2D eigenvalue weighted by atomic mass is 10.1. The van der Waals surface area contributed by atoms with E-state index in [0.717, 1.165) is 47.2 Å². The molecule has 1 fully saturated rings. The van der Waals surface area contributed by atoms with E-state index in [2.05, 4.69) is 48.7 Å². The number of carbonyl (C=O) groups excluding carboxylic acids is 2. The maximum absolute atomic E-state index is 12.5. The first-order valence-corrected chi connectivity index (χ1v) is 9.81. The van der Waals surface area contributed by atoms with Gasteiger partial charge in [0.1, 0.15) is 0 Å². The molecule has 3 rings (SSSR count). The van der Waals surface area contributed by atoms with E-state index in [1.807, 2.05) is 19.9 Å². The molecule has 5 heteroatoms. The topological polar surface area (TPSA) is 42.3 Å². The van der Waals surface area contributed by atoms with Crippen LogP contribution in [0.2, 0.25) is 0 Å². The van der Waals surface area contributed by atoms with E-state index in [1.54, 1.807) is 0 Å². The second-order valence-electron chi connectivity index (χ2n) is 6.52. The molecule has 0 N–H and O–H groups in total. The number of amides is 2. The van der Waals surface area contributed by atoms with Crippen LogP contribution in [0.1, 0.15) is 42.8 Å². The van der Waals surface area contributed by atoms with Gasteiger partial charge < -0.3 is 4.57 Å². The van der Waals surface area contributed by atoms with Crippen LogP contribution in [-0.2, 0) is 11.2 Å². The van der Waals surface area contributed by atoms with Gasteiger partial charge in [0, 0.05) is 23.6 Å². The Labute approximate surface area is 158 Å². The number of rotatable bonds is 5. The predicted octanol–water partition coefficient (Wildman–Crippen LogP) is 5.10. The first-order chi connectivity index (χ1) is 12.5. The number of benzene rings is 1. The Hall–Kier alpha value is -2.27. The molecule has 0 aliphatic carbocycles. The molecule has 0 atom stereocenters. The third-order valence-corrected chi connectivity index (χ3v) is 5.59. The zero-order valence-electron chi connectivity index (χ0n) is 15.7. The lowest BCUT2D eigenvalue weighted by Crippen LogP contribution is -2.28. The number of thioether (sulfide) groups is 1. The molecule has 2 aromatic rings. The fourth-order valence-corrected chi connectivity index (χ4v) is 4.13. The van der Waals surface area contributed by atoms with E-state index in [-0.39, 0.29) is 11.1 Å². The minimum Gasteiger partial charge on any atom is -0.318 e. The summed E-state index contributed by atoms with van der Waals surface area (Å²) in [5.74, 6) is -0.182. The largest absolute Gasteiger partial charge is 0.318 e. The molecule has 1 aromatic heterocycles. The smallest absolute Gasteiger partial charge is 0.293 e. The molecule has 26 heavy (non-hydrogen) atoms. The van der Waals surface area contributed by atoms with Crippen molar-refractivity contribution in [3.63, 3.8) is 0 Å². The van der Waals surface area contributed by atoms with E-state index in [0.29, 0.717) is 11.4 Å². The van der Waals surface area contributed by atoms with Gasteiger partial charge in [-0.25, -0.2) is 0 Å². The average molecular weight is 369 g/mol. The molecule has 1 aliphatic rings. The van der Waals surface area contributed by atoms with Crippen LogP contribution in [-0.4, -0.2) is 27.2 Å². The van der Waals surface area contributed by atoms with Crippen molar-refractivity contribution in [2.45, 2.75) is 40.5 Å². The Balaban J connectivity index is 1.95. The molecule has 0 bridgehead atoms. The second-order valence-corrected chi connectivity index (χ2v) is 7.51. The van der Waals surface area contributed by atoms with Crippen LogP contribution in [0.4, 0.5) is 4.79 Å². The number of aromatic nitrogens is 1. The highest BCUT2D eigenvalue weighted by Crippen LogP contribution is 2.33. The van der Waals surface area contributed by atoms with Crippen molar-refractivity contribution in [1.29, 1.82) is 0 Å². The minimum atomic E-state index is -0.182. The fraction of sp³-hybridized carbons (Fsp3) is 0.333. The van der Waals surface area contributed by atoms with Crippen LogP contribution in [0.25, 0.3) is 11.8 Å². The summed E-state index contributed by atoms with van der Waals surface area (Å²) in [6, 6.07) is 10.6. The van der Waals surface area contributed by atoms with Crippen molar-refractivity contribution in [1.82, 2.24) is 9.47 Å². The molecule has 2 amide bonds. The Morgan fingerprint density at radius 2 is 1.77 bits per heavy atom. The summed E-state index contributed by atoms with van der Waals surface area (Å²) in [4.78, 5) is 26.3. The van der Waals surface area contributed by atoms with Crippen molar-refractivity contribution >= 4 is 29.0 Å². The lowest BCUT2D eigenvalue weighted by Gasteiger charge is -2.10. The van der Waals surface area contributed by atoms with E-state index in [9.17, 15) is 9.59 Å². The maximum atomic E-state index is 12.5. The highest BCUT2D eigenvalue weighted by molar-refractivity contribution is 8.18. The van der Waals surface area contributed by atoms with Gasteiger partial charge in [-0.3, -0.25) is 14.5 Å². The molecule has 0 unspecified atom stereocenters. The molecule has 1 aliphatic heterocycles. The first kappa shape index (κ1) is 18.5. The van der Waals surface area contributed by atoms with Gasteiger partial charge >= 0.3 is 0 Å². The quantitative estimate of drug-likeness (QED) is 0.689. The average Bonchev–Trinajstić information content (AvgIpc) is 3.05. The number of hydrogen-bond acceptors (Lipinski definition) is 3. The Morgan fingerprint density at radius 3 is 2.38 bits per heavy atom. The summed E-state index contributed by atoms with van der Waals surface area (Å²) >= 11 is 1.03. The SMILES string of the molecule is CCCN1C(=O)S/C(=C/c2cc(C)n(-c3ccc(CC)cc3)c2C)C1=O. The Kier molecular flexibility index (Phi) is 5.37. The molecular formula is C21H24N2O2S. The van der Waals surface area contributed by atoms with Crippen molar-refractivity contribution in [3.05, 3.63) is 57.8 Å². The number of nitrogens with zero attached hydrogens (tertiary/aromatic N) is 2. The van der Waals surface area contributed by atoms with Crippen LogP contribution in [0.15, 0.2) is 35.2 Å². The van der Waals surface area contributed by atoms with Gasteiger partial charge in [0.05, 0.1) is 4.91 Å². The van der Waals surface area contributed by atoms with Gasteiger partial charge in [0.25, 0.3) is 11.1 Å². The van der Waals surface area contributed by atoms with Crippen LogP contribution in [0.3, 0.4) is 0 Å².